The van der Waals surface area contributed by atoms with Crippen LogP contribution in [0.15, 0.2) is 47.1 Å². The highest BCUT2D eigenvalue weighted by atomic mass is 79.9. The van der Waals surface area contributed by atoms with Crippen molar-refractivity contribution in [1.29, 1.82) is 0 Å². The maximum atomic E-state index is 12.8. The quantitative estimate of drug-likeness (QED) is 0.482. The highest BCUT2D eigenvalue weighted by Gasteiger charge is 2.39. The zero-order chi connectivity index (χ0) is 20.8. The smallest absolute Gasteiger partial charge is 0.411 e. The van der Waals surface area contributed by atoms with Gasteiger partial charge in [-0.05, 0) is 69.5 Å². The molecule has 1 aromatic heterocycles. The number of ether oxygens (including phenoxy) is 1. The first-order valence-corrected chi connectivity index (χ1v) is 10.8. The van der Waals surface area contributed by atoms with Crippen LogP contribution < -0.4 is 0 Å². The van der Waals surface area contributed by atoms with Crippen LogP contribution in [0.3, 0.4) is 0 Å². The molecule has 2 heterocycles. The van der Waals surface area contributed by atoms with E-state index in [1.165, 1.54) is 10.8 Å². The minimum absolute atomic E-state index is 0.0926. The number of likely N-dealkylation sites (tertiary alicyclic amines) is 1. The largest absolute Gasteiger partial charge is 0.444 e. The van der Waals surface area contributed by atoms with E-state index >= 15 is 0 Å². The lowest BCUT2D eigenvalue weighted by Crippen LogP contribution is -2.40. The van der Waals surface area contributed by atoms with E-state index in [1.54, 1.807) is 0 Å². The maximum absolute atomic E-state index is 12.8. The fraction of sp³-hybridized carbons (Fsp3) is 0.391. The molecule has 1 fully saturated rings. The zero-order valence-corrected chi connectivity index (χ0v) is 18.8. The summed E-state index contributed by atoms with van der Waals surface area (Å²) < 4.78 is 6.70. The summed E-state index contributed by atoms with van der Waals surface area (Å²) in [5.41, 5.74) is 1.51. The molecule has 29 heavy (non-hydrogen) atoms. The lowest BCUT2D eigenvalue weighted by molar-refractivity contribution is 0.0152. The molecule has 1 aliphatic heterocycles. The summed E-state index contributed by atoms with van der Waals surface area (Å²) in [6.07, 6.45) is 3.39. The van der Waals surface area contributed by atoms with Crippen LogP contribution in [0.5, 0.6) is 0 Å². The molecule has 152 valence electrons. The van der Waals surface area contributed by atoms with Crippen LogP contribution in [0.2, 0.25) is 0 Å². The predicted octanol–water partition coefficient (Wildman–Crippen LogP) is 6.45. The van der Waals surface area contributed by atoms with Gasteiger partial charge in [-0.3, -0.25) is 4.90 Å². The summed E-state index contributed by atoms with van der Waals surface area (Å²) in [4.78, 5) is 22.7. The third-order valence-electron chi connectivity index (χ3n) is 5.30. The van der Waals surface area contributed by atoms with E-state index in [4.69, 9.17) is 4.74 Å². The monoisotopic (exact) mass is 455 g/mol. The Morgan fingerprint density at radius 3 is 2.66 bits per heavy atom. The van der Waals surface area contributed by atoms with Gasteiger partial charge in [-0.15, -0.1) is 0 Å². The van der Waals surface area contributed by atoms with E-state index in [2.05, 4.69) is 63.2 Å². The fourth-order valence-electron chi connectivity index (χ4n) is 3.91. The second-order valence-electron chi connectivity index (χ2n) is 8.72. The number of carbonyl (C=O) groups excluding carboxylic acids is 1. The van der Waals surface area contributed by atoms with Crippen LogP contribution in [0.25, 0.3) is 22.0 Å². The molecule has 1 amide bonds. The van der Waals surface area contributed by atoms with Crippen molar-refractivity contribution >= 4 is 32.8 Å². The van der Waals surface area contributed by atoms with Crippen LogP contribution >= 0.6 is 15.9 Å². The van der Waals surface area contributed by atoms with Crippen molar-refractivity contribution in [2.75, 3.05) is 0 Å². The first-order chi connectivity index (χ1) is 13.7. The number of rotatable bonds is 2. The Kier molecular flexibility index (Phi) is 5.15. The Morgan fingerprint density at radius 1 is 1.17 bits per heavy atom. The summed E-state index contributed by atoms with van der Waals surface area (Å²) in [6, 6.07) is 12.6. The van der Waals surface area contributed by atoms with Crippen molar-refractivity contribution in [3.8, 4) is 11.3 Å². The number of hydrogen-bond donors (Lipinski definition) is 1. The zero-order valence-electron chi connectivity index (χ0n) is 17.2. The summed E-state index contributed by atoms with van der Waals surface area (Å²) in [5.74, 6) is 0.811. The standard InChI is InChI=1S/C23H26BrN3O2/c1-14-5-10-20(27(14)22(28)29-23(2,3)4)21-25-13-19(26-21)17-7-6-16-12-18(24)9-8-15(16)11-17/h6-9,11-14,20H,5,10H2,1-4H3,(H,25,26). The molecule has 6 heteroatoms. The van der Waals surface area contributed by atoms with Gasteiger partial charge in [0.05, 0.1) is 17.9 Å². The van der Waals surface area contributed by atoms with Gasteiger partial charge in [0.25, 0.3) is 0 Å². The van der Waals surface area contributed by atoms with E-state index in [-0.39, 0.29) is 18.2 Å². The number of aromatic amines is 1. The second kappa shape index (κ2) is 7.48. The number of nitrogens with one attached hydrogen (secondary N) is 1. The van der Waals surface area contributed by atoms with Crippen molar-refractivity contribution < 1.29 is 9.53 Å². The van der Waals surface area contributed by atoms with Gasteiger partial charge in [-0.25, -0.2) is 9.78 Å². The normalized spacial score (nSPS) is 19.7. The van der Waals surface area contributed by atoms with Gasteiger partial charge in [0.15, 0.2) is 0 Å². The number of aromatic nitrogens is 2. The van der Waals surface area contributed by atoms with Gasteiger partial charge >= 0.3 is 6.09 Å². The number of hydrogen-bond acceptors (Lipinski definition) is 3. The van der Waals surface area contributed by atoms with Gasteiger partial charge in [0.2, 0.25) is 0 Å². The molecule has 0 saturated carbocycles. The molecule has 1 saturated heterocycles. The van der Waals surface area contributed by atoms with Crippen LogP contribution in [-0.2, 0) is 4.74 Å². The molecule has 2 aromatic carbocycles. The molecule has 0 spiro atoms. The third-order valence-corrected chi connectivity index (χ3v) is 5.79. The van der Waals surface area contributed by atoms with E-state index in [0.717, 1.165) is 34.4 Å². The molecule has 2 unspecified atom stereocenters. The Balaban J connectivity index is 1.61. The maximum Gasteiger partial charge on any atom is 0.411 e. The van der Waals surface area contributed by atoms with Crippen LogP contribution in [0.1, 0.15) is 52.4 Å². The minimum atomic E-state index is -0.516. The number of halogens is 1. The average Bonchev–Trinajstić information content (AvgIpc) is 3.26. The topological polar surface area (TPSA) is 58.2 Å². The fourth-order valence-corrected chi connectivity index (χ4v) is 4.29. The minimum Gasteiger partial charge on any atom is -0.444 e. The highest BCUT2D eigenvalue weighted by molar-refractivity contribution is 9.10. The summed E-state index contributed by atoms with van der Waals surface area (Å²) in [5, 5.41) is 2.36. The number of amides is 1. The SMILES string of the molecule is CC1CCC(c2ncc(-c3ccc4cc(Br)ccc4c3)[nH]2)N1C(=O)OC(C)(C)C. The molecule has 2 atom stereocenters. The van der Waals surface area contributed by atoms with Gasteiger partial charge in [-0.2, -0.15) is 0 Å². The van der Waals surface area contributed by atoms with Crippen molar-refractivity contribution in [3.05, 3.63) is 52.9 Å². The summed E-state index contributed by atoms with van der Waals surface area (Å²) in [6.45, 7) is 7.74. The molecule has 3 aromatic rings. The average molecular weight is 456 g/mol. The molecule has 5 nitrogen and oxygen atoms in total. The van der Waals surface area contributed by atoms with Crippen molar-refractivity contribution in [1.82, 2.24) is 14.9 Å². The molecular weight excluding hydrogens is 430 g/mol. The Bertz CT molecular complexity index is 1050. The predicted molar refractivity (Wildman–Crippen MR) is 119 cm³/mol. The molecular formula is C23H26BrN3O2. The van der Waals surface area contributed by atoms with Gasteiger partial charge < -0.3 is 9.72 Å². The number of H-pyrrole nitrogens is 1. The summed E-state index contributed by atoms with van der Waals surface area (Å²) in [7, 11) is 0. The molecule has 0 bridgehead atoms. The first kappa shape index (κ1) is 20.0. The van der Waals surface area contributed by atoms with E-state index < -0.39 is 5.60 Å². The van der Waals surface area contributed by atoms with Crippen LogP contribution in [-0.4, -0.2) is 32.6 Å². The second-order valence-corrected chi connectivity index (χ2v) is 9.63. The third kappa shape index (κ3) is 4.17. The van der Waals surface area contributed by atoms with E-state index in [9.17, 15) is 4.79 Å². The Morgan fingerprint density at radius 2 is 1.90 bits per heavy atom. The molecule has 1 aliphatic rings. The molecule has 0 aliphatic carbocycles. The number of imidazole rings is 1. The molecule has 1 N–H and O–H groups in total. The van der Waals surface area contributed by atoms with E-state index in [1.807, 2.05) is 37.9 Å². The molecule has 4 rings (SSSR count). The van der Waals surface area contributed by atoms with Crippen molar-refractivity contribution in [2.45, 2.75) is 58.2 Å². The van der Waals surface area contributed by atoms with Crippen molar-refractivity contribution in [3.63, 3.8) is 0 Å². The summed E-state index contributed by atoms with van der Waals surface area (Å²) >= 11 is 3.52. The number of carbonyl (C=O) groups is 1. The number of fused-ring (bicyclic) bond motifs is 1. The lowest BCUT2D eigenvalue weighted by atomic mass is 10.1. The first-order valence-electron chi connectivity index (χ1n) is 9.97. The van der Waals surface area contributed by atoms with E-state index in [0.29, 0.717) is 0 Å². The van der Waals surface area contributed by atoms with Crippen LogP contribution in [0, 0.1) is 0 Å². The van der Waals surface area contributed by atoms with Gasteiger partial charge in [0, 0.05) is 16.1 Å². The number of nitrogens with zero attached hydrogens (tertiary/aromatic N) is 2. The highest BCUT2D eigenvalue weighted by Crippen LogP contribution is 2.37. The Labute approximate surface area is 179 Å². The van der Waals surface area contributed by atoms with Gasteiger partial charge in [-0.1, -0.05) is 34.1 Å². The van der Waals surface area contributed by atoms with Crippen molar-refractivity contribution in [2.24, 2.45) is 0 Å². The molecule has 0 radical (unpaired) electrons. The number of benzene rings is 2. The lowest BCUT2D eigenvalue weighted by Gasteiger charge is -2.30. The Hall–Kier alpha value is -2.34. The van der Waals surface area contributed by atoms with Crippen LogP contribution in [0.4, 0.5) is 4.79 Å². The van der Waals surface area contributed by atoms with Gasteiger partial charge in [0.1, 0.15) is 11.4 Å².